The van der Waals surface area contributed by atoms with Gasteiger partial charge in [0, 0.05) is 30.0 Å². The highest BCUT2D eigenvalue weighted by Gasteiger charge is 2.13. The molecule has 0 saturated carbocycles. The number of guanidine groups is 1. The molecule has 3 aromatic rings. The van der Waals surface area contributed by atoms with Gasteiger partial charge < -0.3 is 5.32 Å². The average molecular weight is 422 g/mol. The van der Waals surface area contributed by atoms with Crippen LogP contribution in [0.15, 0.2) is 53.5 Å². The Bertz CT molecular complexity index is 1090. The number of hydrogen-bond donors (Lipinski definition) is 2. The van der Waals surface area contributed by atoms with Crippen molar-refractivity contribution in [2.24, 2.45) is 4.99 Å². The van der Waals surface area contributed by atoms with Gasteiger partial charge >= 0.3 is 0 Å². The lowest BCUT2D eigenvalue weighted by Gasteiger charge is -2.12. The maximum absolute atomic E-state index is 13.9. The molecule has 0 spiro atoms. The molecule has 162 valence electrons. The minimum Gasteiger partial charge on any atom is -0.326 e. The molecule has 0 aliphatic carbocycles. The van der Waals surface area contributed by atoms with E-state index in [1.807, 2.05) is 41.9 Å². The molecule has 0 aliphatic heterocycles. The SMILES string of the molecule is CCn1nc(C)c(CCN=C(NC(=O)c2ccc(C)c(F)c2)Nc2ccccc2)c1C. The van der Waals surface area contributed by atoms with Crippen molar-refractivity contribution in [3.63, 3.8) is 0 Å². The number of amides is 1. The third-order valence-electron chi connectivity index (χ3n) is 5.17. The van der Waals surface area contributed by atoms with Crippen molar-refractivity contribution in [1.82, 2.24) is 15.1 Å². The fraction of sp³-hybridized carbons (Fsp3) is 0.292. The van der Waals surface area contributed by atoms with Crippen LogP contribution in [-0.2, 0) is 13.0 Å². The Morgan fingerprint density at radius 1 is 1.13 bits per heavy atom. The fourth-order valence-corrected chi connectivity index (χ4v) is 3.37. The minimum atomic E-state index is -0.424. The number of aliphatic imine (C=N–C) groups is 1. The fourth-order valence-electron chi connectivity index (χ4n) is 3.37. The van der Waals surface area contributed by atoms with Gasteiger partial charge in [-0.3, -0.25) is 19.8 Å². The summed E-state index contributed by atoms with van der Waals surface area (Å²) in [6, 6.07) is 13.9. The summed E-state index contributed by atoms with van der Waals surface area (Å²) >= 11 is 0. The van der Waals surface area contributed by atoms with Gasteiger partial charge in [0.05, 0.1) is 5.69 Å². The number of anilines is 1. The molecule has 7 heteroatoms. The molecule has 3 rings (SSSR count). The average Bonchev–Trinajstić information content (AvgIpc) is 3.03. The Kier molecular flexibility index (Phi) is 7.18. The highest BCUT2D eigenvalue weighted by Crippen LogP contribution is 2.14. The summed E-state index contributed by atoms with van der Waals surface area (Å²) < 4.78 is 15.9. The van der Waals surface area contributed by atoms with Crippen LogP contribution in [0.2, 0.25) is 0 Å². The Labute approximate surface area is 182 Å². The molecular formula is C24H28FN5O. The van der Waals surface area contributed by atoms with E-state index >= 15 is 0 Å². The molecule has 6 nitrogen and oxygen atoms in total. The van der Waals surface area contributed by atoms with E-state index in [0.717, 1.165) is 29.2 Å². The summed E-state index contributed by atoms with van der Waals surface area (Å²) in [6.07, 6.45) is 0.701. The maximum atomic E-state index is 13.9. The number of para-hydroxylation sites is 1. The molecule has 2 N–H and O–H groups in total. The third kappa shape index (κ3) is 5.57. The van der Waals surface area contributed by atoms with E-state index in [1.54, 1.807) is 19.1 Å². The summed E-state index contributed by atoms with van der Waals surface area (Å²) in [5, 5.41) is 10.5. The van der Waals surface area contributed by atoms with E-state index in [9.17, 15) is 9.18 Å². The Morgan fingerprint density at radius 3 is 2.52 bits per heavy atom. The standard InChI is InChI=1S/C24H28FN5O/c1-5-30-18(4)21(17(3)29-30)13-14-26-24(27-20-9-7-6-8-10-20)28-23(31)19-12-11-16(2)22(25)15-19/h6-12,15H,5,13-14H2,1-4H3,(H2,26,27,28,31). The molecule has 0 bridgehead atoms. The first kappa shape index (κ1) is 22.2. The lowest BCUT2D eigenvalue weighted by molar-refractivity contribution is 0.0976. The second-order valence-corrected chi connectivity index (χ2v) is 7.35. The van der Waals surface area contributed by atoms with Crippen LogP contribution in [0.3, 0.4) is 0 Å². The van der Waals surface area contributed by atoms with E-state index in [2.05, 4.69) is 34.6 Å². The molecule has 0 atom stereocenters. The lowest BCUT2D eigenvalue weighted by atomic mass is 10.1. The number of aromatic nitrogens is 2. The van der Waals surface area contributed by atoms with Crippen LogP contribution in [0.1, 0.15) is 39.8 Å². The predicted molar refractivity (Wildman–Crippen MR) is 122 cm³/mol. The van der Waals surface area contributed by atoms with Crippen molar-refractivity contribution in [3.05, 3.63) is 82.4 Å². The van der Waals surface area contributed by atoms with Gasteiger partial charge in [-0.25, -0.2) is 4.39 Å². The molecule has 1 amide bonds. The molecule has 0 radical (unpaired) electrons. The van der Waals surface area contributed by atoms with Gasteiger partial charge in [0.2, 0.25) is 5.96 Å². The Balaban J connectivity index is 1.78. The van der Waals surface area contributed by atoms with Crippen molar-refractivity contribution >= 4 is 17.6 Å². The molecule has 31 heavy (non-hydrogen) atoms. The molecule has 0 fully saturated rings. The normalized spacial score (nSPS) is 11.5. The number of halogens is 1. The monoisotopic (exact) mass is 421 g/mol. The van der Waals surface area contributed by atoms with Crippen molar-refractivity contribution in [2.75, 3.05) is 11.9 Å². The van der Waals surface area contributed by atoms with Gasteiger partial charge in [-0.1, -0.05) is 24.3 Å². The van der Waals surface area contributed by atoms with Crippen LogP contribution in [0, 0.1) is 26.6 Å². The van der Waals surface area contributed by atoms with E-state index in [1.165, 1.54) is 6.07 Å². The van der Waals surface area contributed by atoms with Gasteiger partial charge in [0.1, 0.15) is 5.82 Å². The smallest absolute Gasteiger partial charge is 0.258 e. The molecule has 1 aromatic heterocycles. The predicted octanol–water partition coefficient (Wildman–Crippen LogP) is 4.41. The van der Waals surface area contributed by atoms with E-state index in [4.69, 9.17) is 0 Å². The number of aryl methyl sites for hydroxylation is 3. The topological polar surface area (TPSA) is 71.3 Å². The molecule has 0 saturated heterocycles. The van der Waals surface area contributed by atoms with Gasteiger partial charge in [-0.15, -0.1) is 0 Å². The summed E-state index contributed by atoms with van der Waals surface area (Å²) in [4.78, 5) is 17.3. The van der Waals surface area contributed by atoms with Gasteiger partial charge in [-0.2, -0.15) is 5.10 Å². The lowest BCUT2D eigenvalue weighted by Crippen LogP contribution is -2.36. The highest BCUT2D eigenvalue weighted by molar-refractivity contribution is 6.09. The summed E-state index contributed by atoms with van der Waals surface area (Å²) in [7, 11) is 0. The summed E-state index contributed by atoms with van der Waals surface area (Å²) in [5.74, 6) is -0.524. The van der Waals surface area contributed by atoms with Crippen LogP contribution in [0.5, 0.6) is 0 Å². The van der Waals surface area contributed by atoms with E-state index in [-0.39, 0.29) is 5.56 Å². The second kappa shape index (κ2) is 10.0. The number of hydrogen-bond acceptors (Lipinski definition) is 3. The van der Waals surface area contributed by atoms with Crippen molar-refractivity contribution in [2.45, 2.75) is 40.7 Å². The van der Waals surface area contributed by atoms with E-state index < -0.39 is 11.7 Å². The van der Waals surface area contributed by atoms with Crippen LogP contribution in [-0.4, -0.2) is 28.2 Å². The van der Waals surface area contributed by atoms with Crippen molar-refractivity contribution in [1.29, 1.82) is 0 Å². The first-order chi connectivity index (χ1) is 14.9. The highest BCUT2D eigenvalue weighted by atomic mass is 19.1. The van der Waals surface area contributed by atoms with Crippen LogP contribution in [0.4, 0.5) is 10.1 Å². The largest absolute Gasteiger partial charge is 0.326 e. The van der Waals surface area contributed by atoms with Gasteiger partial charge in [0.25, 0.3) is 5.91 Å². The van der Waals surface area contributed by atoms with Gasteiger partial charge in [0.15, 0.2) is 0 Å². The number of carbonyl (C=O) groups is 1. The Hall–Kier alpha value is -3.48. The second-order valence-electron chi connectivity index (χ2n) is 7.35. The van der Waals surface area contributed by atoms with Gasteiger partial charge in [-0.05, 0) is 69.5 Å². The number of nitrogens with zero attached hydrogens (tertiary/aromatic N) is 3. The van der Waals surface area contributed by atoms with Crippen molar-refractivity contribution in [3.8, 4) is 0 Å². The molecular weight excluding hydrogens is 393 g/mol. The number of benzene rings is 2. The quantitative estimate of drug-likeness (QED) is 0.458. The third-order valence-corrected chi connectivity index (χ3v) is 5.17. The first-order valence-corrected chi connectivity index (χ1v) is 10.4. The van der Waals surface area contributed by atoms with Crippen molar-refractivity contribution < 1.29 is 9.18 Å². The number of nitrogens with one attached hydrogen (secondary N) is 2. The number of rotatable bonds is 6. The molecule has 1 heterocycles. The number of carbonyl (C=O) groups excluding carboxylic acids is 1. The zero-order valence-corrected chi connectivity index (χ0v) is 18.4. The maximum Gasteiger partial charge on any atom is 0.258 e. The van der Waals surface area contributed by atoms with E-state index in [0.29, 0.717) is 24.5 Å². The zero-order chi connectivity index (χ0) is 22.4. The zero-order valence-electron chi connectivity index (χ0n) is 18.4. The van der Waals surface area contributed by atoms with Crippen LogP contribution in [0.25, 0.3) is 0 Å². The Morgan fingerprint density at radius 2 is 1.87 bits per heavy atom. The van der Waals surface area contributed by atoms with Crippen LogP contribution < -0.4 is 10.6 Å². The summed E-state index contributed by atoms with van der Waals surface area (Å²) in [6.45, 7) is 9.06. The molecule has 0 unspecified atom stereocenters. The molecule has 0 aliphatic rings. The summed E-state index contributed by atoms with van der Waals surface area (Å²) in [5.41, 5.74) is 4.81. The molecule has 2 aromatic carbocycles. The first-order valence-electron chi connectivity index (χ1n) is 10.4. The van der Waals surface area contributed by atoms with Crippen LogP contribution >= 0.6 is 0 Å². The minimum absolute atomic E-state index is 0.238.